The highest BCUT2D eigenvalue weighted by Crippen LogP contribution is 2.62. The van der Waals surface area contributed by atoms with Crippen LogP contribution in [0.3, 0.4) is 0 Å². The smallest absolute Gasteiger partial charge is 0.0765 e. The molecule has 0 radical (unpaired) electrons. The van der Waals surface area contributed by atoms with Gasteiger partial charge in [0.25, 0.3) is 0 Å². The number of rotatable bonds is 2. The number of para-hydroxylation sites is 4. The van der Waals surface area contributed by atoms with E-state index in [9.17, 15) is 0 Å². The third kappa shape index (κ3) is 3.53. The molecule has 0 amide bonds. The van der Waals surface area contributed by atoms with Crippen molar-refractivity contribution >= 4 is 61.1 Å². The van der Waals surface area contributed by atoms with Crippen molar-refractivity contribution in [3.05, 3.63) is 204 Å². The fourth-order valence-electron chi connectivity index (χ4n) is 9.77. The van der Waals surface area contributed by atoms with Gasteiger partial charge in [0.2, 0.25) is 0 Å². The summed E-state index contributed by atoms with van der Waals surface area (Å²) in [6, 6.07) is 60.5. The van der Waals surface area contributed by atoms with Gasteiger partial charge >= 0.3 is 0 Å². The lowest BCUT2D eigenvalue weighted by Gasteiger charge is -2.45. The maximum Gasteiger partial charge on any atom is 0.0765 e. The van der Waals surface area contributed by atoms with Crippen LogP contribution in [0.2, 0.25) is 0 Å². The Morgan fingerprint density at radius 2 is 1.29 bits per heavy atom. The summed E-state index contributed by atoms with van der Waals surface area (Å²) in [7, 11) is 0. The minimum absolute atomic E-state index is 0.270. The highest BCUT2D eigenvalue weighted by molar-refractivity contribution is 7.99. The first-order chi connectivity index (χ1) is 25.8. The number of aromatic nitrogens is 2. The van der Waals surface area contributed by atoms with Crippen molar-refractivity contribution in [1.82, 2.24) is 9.13 Å². The van der Waals surface area contributed by atoms with Crippen molar-refractivity contribution in [2.24, 2.45) is 0 Å². The topological polar surface area (TPSA) is 9.86 Å². The summed E-state index contributed by atoms with van der Waals surface area (Å²) in [6.45, 7) is 0. The summed E-state index contributed by atoms with van der Waals surface area (Å²) in [5.74, 6) is 0.270. The Kier molecular flexibility index (Phi) is 5.71. The van der Waals surface area contributed by atoms with Crippen LogP contribution < -0.4 is 0 Å². The van der Waals surface area contributed by atoms with Crippen molar-refractivity contribution in [3.63, 3.8) is 0 Å². The number of fused-ring (bicyclic) bond motifs is 15. The summed E-state index contributed by atoms with van der Waals surface area (Å²) < 4.78 is 5.11. The Bertz CT molecular complexity index is 3030. The summed E-state index contributed by atoms with van der Waals surface area (Å²) in [5, 5.41) is 5.17. The molecule has 2 unspecified atom stereocenters. The fraction of sp³-hybridized carbons (Fsp3) is 0.0612. The summed E-state index contributed by atoms with van der Waals surface area (Å²) >= 11 is 1.94. The molecule has 0 fully saturated rings. The van der Waals surface area contributed by atoms with Crippen LogP contribution >= 0.6 is 11.8 Å². The largest absolute Gasteiger partial charge is 0.312 e. The molecule has 7 aromatic carbocycles. The summed E-state index contributed by atoms with van der Waals surface area (Å²) in [6.07, 6.45) is 7.80. The molecule has 0 saturated carbocycles. The number of hydrogen-bond acceptors (Lipinski definition) is 1. The van der Waals surface area contributed by atoms with Crippen LogP contribution in [0.1, 0.15) is 40.2 Å². The minimum atomic E-state index is -0.521. The predicted octanol–water partition coefficient (Wildman–Crippen LogP) is 12.2. The van der Waals surface area contributed by atoms with E-state index >= 15 is 0 Å². The SMILES string of the molecule is c1ccc(C2C=CC=C(n3c4ccccc4c4ccc5c(c43)Sc3ccccc3C53c4ccccc4-n4c5ccccc5c5cccc3c54)C2)cc#1. The second-order valence-electron chi connectivity index (χ2n) is 14.2. The molecule has 3 aliphatic rings. The first-order valence-corrected chi connectivity index (χ1v) is 18.9. The number of hydrogen-bond donors (Lipinski definition) is 0. The molecule has 3 heteroatoms. The Balaban J connectivity index is 1.23. The quantitative estimate of drug-likeness (QED) is 0.177. The van der Waals surface area contributed by atoms with Crippen LogP contribution in [0.15, 0.2) is 174 Å². The Morgan fingerprint density at radius 3 is 2.13 bits per heavy atom. The van der Waals surface area contributed by atoms with Crippen molar-refractivity contribution in [3.8, 4) is 5.69 Å². The highest BCUT2D eigenvalue weighted by atomic mass is 32.2. The lowest BCUT2D eigenvalue weighted by Crippen LogP contribution is -2.37. The molecule has 1 aliphatic carbocycles. The van der Waals surface area contributed by atoms with E-state index in [0.717, 1.165) is 6.42 Å². The first kappa shape index (κ1) is 28.5. The molecule has 0 saturated heterocycles. The number of allylic oxidation sites excluding steroid dienone is 4. The highest BCUT2D eigenvalue weighted by Gasteiger charge is 2.50. The molecule has 2 atom stereocenters. The molecule has 12 rings (SSSR count). The van der Waals surface area contributed by atoms with E-state index in [1.165, 1.54) is 92.6 Å². The molecule has 242 valence electrons. The van der Waals surface area contributed by atoms with Gasteiger partial charge < -0.3 is 9.13 Å². The van der Waals surface area contributed by atoms with Gasteiger partial charge in [-0.25, -0.2) is 0 Å². The lowest BCUT2D eigenvalue weighted by molar-refractivity contribution is 0.691. The molecule has 0 bridgehead atoms. The van der Waals surface area contributed by atoms with Crippen LogP contribution in [-0.2, 0) is 5.41 Å². The molecular weight excluding hydrogens is 649 g/mol. The number of nitrogens with zero attached hydrogens (tertiary/aromatic N) is 2. The Labute approximate surface area is 306 Å². The van der Waals surface area contributed by atoms with Crippen LogP contribution in [-0.4, -0.2) is 9.13 Å². The van der Waals surface area contributed by atoms with E-state index in [4.69, 9.17) is 0 Å². The predicted molar refractivity (Wildman–Crippen MR) is 215 cm³/mol. The molecule has 0 N–H and O–H groups in total. The van der Waals surface area contributed by atoms with E-state index in [0.29, 0.717) is 0 Å². The van der Waals surface area contributed by atoms with Gasteiger partial charge in [0.1, 0.15) is 0 Å². The molecule has 4 heterocycles. The lowest BCUT2D eigenvalue weighted by atomic mass is 9.62. The van der Waals surface area contributed by atoms with E-state index in [-0.39, 0.29) is 5.92 Å². The Hall–Kier alpha value is -6.21. The van der Waals surface area contributed by atoms with Crippen molar-refractivity contribution in [1.29, 1.82) is 0 Å². The zero-order chi connectivity index (χ0) is 34.0. The normalized spacial score (nSPS) is 18.4. The van der Waals surface area contributed by atoms with Gasteiger partial charge in [-0.15, -0.1) is 0 Å². The molecule has 2 aromatic heterocycles. The van der Waals surface area contributed by atoms with Gasteiger partial charge in [-0.3, -0.25) is 0 Å². The van der Waals surface area contributed by atoms with E-state index in [1.807, 2.05) is 17.8 Å². The van der Waals surface area contributed by atoms with Gasteiger partial charge in [-0.1, -0.05) is 139 Å². The van der Waals surface area contributed by atoms with Crippen LogP contribution in [0.25, 0.3) is 55.0 Å². The molecular formula is C49H30N2S. The fourth-order valence-corrected chi connectivity index (χ4v) is 11.1. The van der Waals surface area contributed by atoms with Crippen LogP contribution in [0, 0.1) is 12.1 Å². The molecule has 2 aliphatic heterocycles. The average molecular weight is 679 g/mol. The molecule has 52 heavy (non-hydrogen) atoms. The third-order valence-corrected chi connectivity index (χ3v) is 13.0. The third-order valence-electron chi connectivity index (χ3n) is 11.8. The average Bonchev–Trinajstić information content (AvgIpc) is 3.74. The monoisotopic (exact) mass is 678 g/mol. The van der Waals surface area contributed by atoms with Gasteiger partial charge in [-0.2, -0.15) is 0 Å². The molecule has 2 nitrogen and oxygen atoms in total. The minimum Gasteiger partial charge on any atom is -0.312 e. The van der Waals surface area contributed by atoms with Gasteiger partial charge in [0.15, 0.2) is 0 Å². The van der Waals surface area contributed by atoms with Gasteiger partial charge in [-0.05, 0) is 82.8 Å². The van der Waals surface area contributed by atoms with Crippen molar-refractivity contribution in [2.75, 3.05) is 0 Å². The molecule has 9 aromatic rings. The van der Waals surface area contributed by atoms with Gasteiger partial charge in [0, 0.05) is 43.0 Å². The summed E-state index contributed by atoms with van der Waals surface area (Å²) in [5.41, 5.74) is 13.8. The van der Waals surface area contributed by atoms with Crippen molar-refractivity contribution < 1.29 is 0 Å². The summed E-state index contributed by atoms with van der Waals surface area (Å²) in [4.78, 5) is 2.64. The van der Waals surface area contributed by atoms with Crippen molar-refractivity contribution in [2.45, 2.75) is 27.5 Å². The van der Waals surface area contributed by atoms with E-state index in [2.05, 4.69) is 179 Å². The zero-order valence-electron chi connectivity index (χ0n) is 28.2. The van der Waals surface area contributed by atoms with E-state index < -0.39 is 5.41 Å². The van der Waals surface area contributed by atoms with E-state index in [1.54, 1.807) is 0 Å². The first-order valence-electron chi connectivity index (χ1n) is 18.0. The van der Waals surface area contributed by atoms with Crippen LogP contribution in [0.5, 0.6) is 0 Å². The maximum absolute atomic E-state index is 3.19. The second-order valence-corrected chi connectivity index (χ2v) is 15.3. The maximum atomic E-state index is 3.19. The Morgan fingerprint density at radius 1 is 0.577 bits per heavy atom. The second kappa shape index (κ2) is 10.4. The van der Waals surface area contributed by atoms with Gasteiger partial charge in [0.05, 0.1) is 33.2 Å². The van der Waals surface area contributed by atoms with Crippen LogP contribution in [0.4, 0.5) is 0 Å². The standard InChI is InChI=1S/C49H30N2S/c1-2-14-31(15-3-1)32-16-12-17-33(30-32)50-42-24-8-4-19-35(42)37-28-29-41-48(47(37)50)52-45-27-11-7-22-39(45)49(41)38-21-6-10-26-44(38)51-43-25-9-5-18-34(43)36-20-13-23-40(49)46(36)51/h2,4-29,32H,30H2. The zero-order valence-corrected chi connectivity index (χ0v) is 29.0. The molecule has 1 spiro atoms. The number of benzene rings is 6.